The molecule has 0 aromatic carbocycles. The van der Waals surface area contributed by atoms with Gasteiger partial charge in [0.25, 0.3) is 0 Å². The van der Waals surface area contributed by atoms with Crippen molar-refractivity contribution in [3.8, 4) is 0 Å². The van der Waals surface area contributed by atoms with E-state index in [1.807, 2.05) is 13.8 Å². The van der Waals surface area contributed by atoms with Crippen molar-refractivity contribution in [2.45, 2.75) is 13.8 Å². The fourth-order valence-electron chi connectivity index (χ4n) is 0.129. The van der Waals surface area contributed by atoms with Crippen LogP contribution in [0.3, 0.4) is 0 Å². The average Bonchev–Trinajstić information content (AvgIpc) is 2.51. The van der Waals surface area contributed by atoms with Gasteiger partial charge < -0.3 is 5.73 Å². The van der Waals surface area contributed by atoms with Gasteiger partial charge in [0.2, 0.25) is 0 Å². The van der Waals surface area contributed by atoms with E-state index in [1.54, 1.807) is 0 Å². The molecule has 0 spiro atoms. The van der Waals surface area contributed by atoms with Crippen LogP contribution in [-0.4, -0.2) is 27.7 Å². The van der Waals surface area contributed by atoms with Gasteiger partial charge in [-0.05, 0) is 7.05 Å². The van der Waals surface area contributed by atoms with Crippen LogP contribution in [0.5, 0.6) is 0 Å². The Hall–Kier alpha value is -0.970. The third-order valence-corrected chi connectivity index (χ3v) is 0.270. The summed E-state index contributed by atoms with van der Waals surface area (Å²) in [5.74, 6) is 0. The Balaban J connectivity index is 0. The average molecular weight is 131 g/mol. The number of nitrogens with one attached hydrogen (secondary N) is 1. The van der Waals surface area contributed by atoms with E-state index in [2.05, 4.69) is 26.4 Å². The van der Waals surface area contributed by atoms with Crippen LogP contribution in [0.2, 0.25) is 0 Å². The van der Waals surface area contributed by atoms with Crippen molar-refractivity contribution in [3.05, 3.63) is 6.33 Å². The van der Waals surface area contributed by atoms with Crippen molar-refractivity contribution in [2.75, 3.05) is 7.05 Å². The summed E-state index contributed by atoms with van der Waals surface area (Å²) in [7, 11) is 1.50. The molecule has 0 bridgehead atoms. The first-order chi connectivity index (χ1) is 4.50. The maximum Gasteiger partial charge on any atom is 0.161 e. The number of aromatic nitrogens is 4. The zero-order valence-electron chi connectivity index (χ0n) is 6.00. The second-order valence-electron chi connectivity index (χ2n) is 0.560. The van der Waals surface area contributed by atoms with Crippen molar-refractivity contribution < 1.29 is 0 Å². The van der Waals surface area contributed by atoms with Crippen LogP contribution >= 0.6 is 0 Å². The second kappa shape index (κ2) is 15.7. The molecule has 3 N–H and O–H groups in total. The van der Waals surface area contributed by atoms with Crippen molar-refractivity contribution in [1.29, 1.82) is 0 Å². The van der Waals surface area contributed by atoms with Gasteiger partial charge in [-0.3, -0.25) is 0 Å². The molecule has 0 fully saturated rings. The lowest BCUT2D eigenvalue weighted by molar-refractivity contribution is 0.881. The van der Waals surface area contributed by atoms with Crippen molar-refractivity contribution >= 4 is 0 Å². The third kappa shape index (κ3) is 11.0. The largest absolute Gasteiger partial charge is 0.333 e. The first-order valence-electron chi connectivity index (χ1n) is 2.74. The molecule has 0 atom stereocenters. The highest BCUT2D eigenvalue weighted by Crippen LogP contribution is 1.43. The van der Waals surface area contributed by atoms with E-state index in [0.717, 1.165) is 0 Å². The summed E-state index contributed by atoms with van der Waals surface area (Å²) in [6, 6.07) is 0. The molecule has 0 amide bonds. The van der Waals surface area contributed by atoms with Gasteiger partial charge in [-0.1, -0.05) is 19.1 Å². The van der Waals surface area contributed by atoms with Gasteiger partial charge in [0.15, 0.2) is 6.33 Å². The van der Waals surface area contributed by atoms with Gasteiger partial charge in [0, 0.05) is 0 Å². The van der Waals surface area contributed by atoms with E-state index in [9.17, 15) is 0 Å². The Morgan fingerprint density at radius 3 is 2.00 bits per heavy atom. The third-order valence-electron chi connectivity index (χ3n) is 0.270. The van der Waals surface area contributed by atoms with Crippen molar-refractivity contribution in [1.82, 2.24) is 20.6 Å². The maximum atomic E-state index is 4.50. The van der Waals surface area contributed by atoms with Crippen molar-refractivity contribution in [3.63, 3.8) is 0 Å². The van der Waals surface area contributed by atoms with Crippen LogP contribution in [0.1, 0.15) is 13.8 Å². The number of H-pyrrole nitrogens is 1. The topological polar surface area (TPSA) is 80.5 Å². The molecule has 54 valence electrons. The van der Waals surface area contributed by atoms with Gasteiger partial charge in [-0.15, -0.1) is 10.2 Å². The minimum absolute atomic E-state index is 1.33. The molecule has 0 radical (unpaired) electrons. The summed E-state index contributed by atoms with van der Waals surface area (Å²) in [6.45, 7) is 4.00. The highest BCUT2D eigenvalue weighted by molar-refractivity contribution is 4.24. The monoisotopic (exact) mass is 131 g/mol. The Labute approximate surface area is 54.7 Å². The van der Waals surface area contributed by atoms with Gasteiger partial charge in [0.1, 0.15) is 0 Å². The van der Waals surface area contributed by atoms with Crippen LogP contribution < -0.4 is 5.73 Å². The van der Waals surface area contributed by atoms with E-state index in [-0.39, 0.29) is 0 Å². The predicted molar refractivity (Wildman–Crippen MR) is 35.6 cm³/mol. The number of hydrogen-bond acceptors (Lipinski definition) is 4. The summed E-state index contributed by atoms with van der Waals surface area (Å²) in [5, 5.41) is 12.2. The molecule has 9 heavy (non-hydrogen) atoms. The molecule has 0 unspecified atom stereocenters. The number of aromatic amines is 1. The maximum absolute atomic E-state index is 4.50. The fraction of sp³-hybridized carbons (Fsp3) is 0.750. The van der Waals surface area contributed by atoms with Crippen LogP contribution in [-0.2, 0) is 0 Å². The van der Waals surface area contributed by atoms with Crippen LogP contribution in [0.4, 0.5) is 0 Å². The number of nitrogens with two attached hydrogens (primary N) is 1. The molecule has 5 nitrogen and oxygen atoms in total. The zero-order chi connectivity index (χ0) is 7.54. The minimum atomic E-state index is 1.33. The van der Waals surface area contributed by atoms with E-state index in [4.69, 9.17) is 0 Å². The van der Waals surface area contributed by atoms with Crippen LogP contribution in [0.25, 0.3) is 0 Å². The van der Waals surface area contributed by atoms with Gasteiger partial charge in [-0.25, -0.2) is 0 Å². The molecule has 0 saturated carbocycles. The molecule has 1 aromatic rings. The lowest BCUT2D eigenvalue weighted by Gasteiger charge is -1.44. The molecular formula is C4H13N5. The first-order valence-corrected chi connectivity index (χ1v) is 2.74. The molecule has 0 aliphatic heterocycles. The standard InChI is InChI=1S/C2H6.CH2N4.CH5N/c1-2;1-2-4-5-3-1;1-2/h1-2H3;1H,(H,2,3,4,5);2H2,1H3. The minimum Gasteiger partial charge on any atom is -0.333 e. The molecule has 1 heterocycles. The van der Waals surface area contributed by atoms with E-state index >= 15 is 0 Å². The zero-order valence-corrected chi connectivity index (χ0v) is 6.00. The molecule has 0 aliphatic carbocycles. The molecule has 0 aliphatic rings. The Kier molecular flexibility index (Phi) is 19.1. The quantitative estimate of drug-likeness (QED) is 0.511. The molecular weight excluding hydrogens is 118 g/mol. The summed E-state index contributed by atoms with van der Waals surface area (Å²) >= 11 is 0. The fourth-order valence-corrected chi connectivity index (χ4v) is 0.129. The van der Waals surface area contributed by atoms with E-state index < -0.39 is 0 Å². The lowest BCUT2D eigenvalue weighted by atomic mass is 11.0. The lowest BCUT2D eigenvalue weighted by Crippen LogP contribution is -1.69. The molecule has 0 saturated heterocycles. The second-order valence-corrected chi connectivity index (χ2v) is 0.560. The predicted octanol–water partition coefficient (Wildman–Crippen LogP) is -0.199. The smallest absolute Gasteiger partial charge is 0.161 e. The van der Waals surface area contributed by atoms with E-state index in [1.165, 1.54) is 13.4 Å². The highest BCUT2D eigenvalue weighted by Gasteiger charge is 1.58. The molecule has 1 rings (SSSR count). The number of nitrogens with zero attached hydrogens (tertiary/aromatic N) is 3. The number of rotatable bonds is 0. The Morgan fingerprint density at radius 2 is 1.89 bits per heavy atom. The van der Waals surface area contributed by atoms with Crippen LogP contribution in [0.15, 0.2) is 6.33 Å². The number of hydrogen-bond donors (Lipinski definition) is 2. The summed E-state index contributed by atoms with van der Waals surface area (Å²) in [4.78, 5) is 0. The van der Waals surface area contributed by atoms with E-state index in [0.29, 0.717) is 0 Å². The summed E-state index contributed by atoms with van der Waals surface area (Å²) in [6.07, 6.45) is 1.33. The highest BCUT2D eigenvalue weighted by atomic mass is 15.5. The van der Waals surface area contributed by atoms with Gasteiger partial charge in [0.05, 0.1) is 0 Å². The van der Waals surface area contributed by atoms with Gasteiger partial charge >= 0.3 is 0 Å². The van der Waals surface area contributed by atoms with Gasteiger partial charge in [-0.2, -0.15) is 5.21 Å². The SMILES string of the molecule is CC.CN.c1nn[nH]n1. The molecule has 1 aromatic heterocycles. The Bertz CT molecular complexity index is 65.4. The first kappa shape index (κ1) is 10.9. The number of tetrazole rings is 1. The normalized spacial score (nSPS) is 5.78. The molecule has 5 heteroatoms. The summed E-state index contributed by atoms with van der Waals surface area (Å²) in [5.41, 5.74) is 4.50. The van der Waals surface area contributed by atoms with Crippen molar-refractivity contribution in [2.24, 2.45) is 5.73 Å². The Morgan fingerprint density at radius 1 is 1.33 bits per heavy atom. The van der Waals surface area contributed by atoms with Crippen LogP contribution in [0, 0.1) is 0 Å². The summed E-state index contributed by atoms with van der Waals surface area (Å²) < 4.78 is 0.